The highest BCUT2D eigenvalue weighted by molar-refractivity contribution is 5.84. The van der Waals surface area contributed by atoms with Crippen molar-refractivity contribution in [2.24, 2.45) is 0 Å². The van der Waals surface area contributed by atoms with Crippen LogP contribution in [-0.4, -0.2) is 29.5 Å². The van der Waals surface area contributed by atoms with E-state index in [9.17, 15) is 9.59 Å². The number of carbonyl (C=O) groups is 2. The number of urea groups is 1. The van der Waals surface area contributed by atoms with Gasteiger partial charge in [0.25, 0.3) is 0 Å². The summed E-state index contributed by atoms with van der Waals surface area (Å²) in [5, 5.41) is 8.10. The Bertz CT molecular complexity index is 699. The van der Waals surface area contributed by atoms with Crippen molar-refractivity contribution in [3.05, 3.63) is 54.4 Å². The topological polar surface area (TPSA) is 83.1 Å². The van der Waals surface area contributed by atoms with Gasteiger partial charge in [-0.15, -0.1) is 0 Å². The predicted molar refractivity (Wildman–Crippen MR) is 97.9 cm³/mol. The molecule has 6 nitrogen and oxygen atoms in total. The number of carbonyl (C=O) groups excluding carboxylic acids is 2. The number of hydrogen-bond acceptors (Lipinski definition) is 3. The summed E-state index contributed by atoms with van der Waals surface area (Å²) >= 11 is 0. The Morgan fingerprint density at radius 2 is 1.72 bits per heavy atom. The van der Waals surface area contributed by atoms with E-state index >= 15 is 0 Å². The van der Waals surface area contributed by atoms with Crippen LogP contribution in [0, 0.1) is 0 Å². The van der Waals surface area contributed by atoms with Crippen LogP contribution >= 0.6 is 0 Å². The number of hydrogen-bond donors (Lipinski definition) is 3. The van der Waals surface area contributed by atoms with Gasteiger partial charge in [0.1, 0.15) is 0 Å². The molecular formula is C19H24N4O2. The van der Waals surface area contributed by atoms with Gasteiger partial charge in [0.05, 0.1) is 12.6 Å². The number of nitrogens with zero attached hydrogens (tertiary/aromatic N) is 1. The second-order valence-corrected chi connectivity index (χ2v) is 6.13. The Kier molecular flexibility index (Phi) is 6.51. The van der Waals surface area contributed by atoms with E-state index in [0.717, 1.165) is 16.7 Å². The third kappa shape index (κ3) is 5.91. The molecule has 2 rings (SSSR count). The number of pyridine rings is 1. The van der Waals surface area contributed by atoms with Gasteiger partial charge in [-0.05, 0) is 43.5 Å². The van der Waals surface area contributed by atoms with Gasteiger partial charge in [0, 0.05) is 18.4 Å². The molecule has 6 heteroatoms. The van der Waals surface area contributed by atoms with E-state index in [1.54, 1.807) is 6.20 Å². The third-order valence-corrected chi connectivity index (χ3v) is 3.61. The monoisotopic (exact) mass is 340 g/mol. The van der Waals surface area contributed by atoms with Gasteiger partial charge in [0.15, 0.2) is 0 Å². The summed E-state index contributed by atoms with van der Waals surface area (Å²) in [5.74, 6) is -0.210. The first-order valence-corrected chi connectivity index (χ1v) is 8.30. The van der Waals surface area contributed by atoms with Crippen molar-refractivity contribution in [1.29, 1.82) is 0 Å². The fourth-order valence-electron chi connectivity index (χ4n) is 2.36. The lowest BCUT2D eigenvalue weighted by atomic mass is 10.0. The molecule has 0 aliphatic heterocycles. The second kappa shape index (κ2) is 8.82. The summed E-state index contributed by atoms with van der Waals surface area (Å²) in [6.07, 6.45) is 3.55. The van der Waals surface area contributed by atoms with Gasteiger partial charge < -0.3 is 16.0 Å². The maximum atomic E-state index is 11.9. The molecule has 3 amide bonds. The first-order chi connectivity index (χ1) is 12.0. The first kappa shape index (κ1) is 18.4. The Morgan fingerprint density at radius 3 is 2.32 bits per heavy atom. The lowest BCUT2D eigenvalue weighted by Crippen LogP contribution is -2.44. The van der Waals surface area contributed by atoms with Crippen molar-refractivity contribution in [2.45, 2.75) is 32.9 Å². The lowest BCUT2D eigenvalue weighted by Gasteiger charge is -2.16. The molecule has 1 heterocycles. The Balaban J connectivity index is 1.87. The van der Waals surface area contributed by atoms with Gasteiger partial charge in [-0.1, -0.05) is 30.3 Å². The SMILES string of the molecule is CC(C)NC(=O)CNC(=O)N[C@H](C)c1ccc(-c2cccnc2)cc1. The highest BCUT2D eigenvalue weighted by Crippen LogP contribution is 2.21. The van der Waals surface area contributed by atoms with E-state index in [2.05, 4.69) is 20.9 Å². The average molecular weight is 340 g/mol. The van der Waals surface area contributed by atoms with Crippen LogP contribution in [0.5, 0.6) is 0 Å². The lowest BCUT2D eigenvalue weighted by molar-refractivity contribution is -0.120. The predicted octanol–water partition coefficient (Wildman–Crippen LogP) is 2.63. The molecule has 1 aromatic heterocycles. The zero-order chi connectivity index (χ0) is 18.2. The van der Waals surface area contributed by atoms with Crippen LogP contribution in [0.15, 0.2) is 48.8 Å². The minimum atomic E-state index is -0.372. The van der Waals surface area contributed by atoms with Crippen LogP contribution in [0.2, 0.25) is 0 Å². The first-order valence-electron chi connectivity index (χ1n) is 8.30. The van der Waals surface area contributed by atoms with E-state index in [-0.39, 0.29) is 30.6 Å². The molecule has 0 saturated heterocycles. The molecule has 0 aliphatic rings. The van der Waals surface area contributed by atoms with E-state index in [1.807, 2.05) is 63.4 Å². The standard InChI is InChI=1S/C19H24N4O2/c1-13(2)22-18(24)12-21-19(25)23-14(3)15-6-8-16(9-7-15)17-5-4-10-20-11-17/h4-11,13-14H,12H2,1-3H3,(H,22,24)(H2,21,23,25)/t14-/m1/s1. The maximum absolute atomic E-state index is 11.9. The molecule has 1 atom stereocenters. The second-order valence-electron chi connectivity index (χ2n) is 6.13. The van der Waals surface area contributed by atoms with Gasteiger partial charge >= 0.3 is 6.03 Å². The summed E-state index contributed by atoms with van der Waals surface area (Å²) in [6.45, 7) is 5.59. The van der Waals surface area contributed by atoms with Crippen molar-refractivity contribution in [2.75, 3.05) is 6.54 Å². The average Bonchev–Trinajstić information content (AvgIpc) is 2.60. The highest BCUT2D eigenvalue weighted by atomic mass is 16.2. The van der Waals surface area contributed by atoms with Gasteiger partial charge in [-0.3, -0.25) is 9.78 Å². The molecule has 3 N–H and O–H groups in total. The molecule has 2 aromatic rings. The van der Waals surface area contributed by atoms with Crippen LogP contribution in [0.3, 0.4) is 0 Å². The molecule has 25 heavy (non-hydrogen) atoms. The van der Waals surface area contributed by atoms with E-state index in [0.29, 0.717) is 0 Å². The van der Waals surface area contributed by atoms with Crippen LogP contribution in [0.1, 0.15) is 32.4 Å². The molecule has 1 aromatic carbocycles. The summed E-state index contributed by atoms with van der Waals surface area (Å²) in [5.41, 5.74) is 3.09. The van der Waals surface area contributed by atoms with E-state index in [4.69, 9.17) is 0 Å². The highest BCUT2D eigenvalue weighted by Gasteiger charge is 2.11. The molecule has 132 valence electrons. The number of amides is 3. The minimum Gasteiger partial charge on any atom is -0.352 e. The molecule has 0 saturated carbocycles. The molecule has 0 fully saturated rings. The Morgan fingerprint density at radius 1 is 1.00 bits per heavy atom. The van der Waals surface area contributed by atoms with Crippen molar-refractivity contribution < 1.29 is 9.59 Å². The Labute approximate surface area is 148 Å². The smallest absolute Gasteiger partial charge is 0.315 e. The molecule has 0 spiro atoms. The van der Waals surface area contributed by atoms with Crippen molar-refractivity contribution in [3.8, 4) is 11.1 Å². The largest absolute Gasteiger partial charge is 0.352 e. The van der Waals surface area contributed by atoms with Crippen molar-refractivity contribution in [1.82, 2.24) is 20.9 Å². The van der Waals surface area contributed by atoms with Gasteiger partial charge in [-0.25, -0.2) is 4.79 Å². The van der Waals surface area contributed by atoms with Crippen molar-refractivity contribution in [3.63, 3.8) is 0 Å². The van der Waals surface area contributed by atoms with Crippen LogP contribution in [0.4, 0.5) is 4.79 Å². The normalized spacial score (nSPS) is 11.7. The summed E-state index contributed by atoms with van der Waals surface area (Å²) in [7, 11) is 0. The van der Waals surface area contributed by atoms with Gasteiger partial charge in [-0.2, -0.15) is 0 Å². The zero-order valence-electron chi connectivity index (χ0n) is 14.7. The summed E-state index contributed by atoms with van der Waals surface area (Å²) in [4.78, 5) is 27.5. The molecule has 0 bridgehead atoms. The quantitative estimate of drug-likeness (QED) is 0.756. The number of aromatic nitrogens is 1. The van der Waals surface area contributed by atoms with Crippen LogP contribution < -0.4 is 16.0 Å². The number of benzene rings is 1. The van der Waals surface area contributed by atoms with Crippen LogP contribution in [0.25, 0.3) is 11.1 Å². The fourth-order valence-corrected chi connectivity index (χ4v) is 2.36. The number of rotatable bonds is 6. The molecule has 0 radical (unpaired) electrons. The van der Waals surface area contributed by atoms with Crippen molar-refractivity contribution >= 4 is 11.9 Å². The summed E-state index contributed by atoms with van der Waals surface area (Å²) in [6, 6.07) is 11.3. The van der Waals surface area contributed by atoms with Gasteiger partial charge in [0.2, 0.25) is 5.91 Å². The minimum absolute atomic E-state index is 0.0450. The third-order valence-electron chi connectivity index (χ3n) is 3.61. The van der Waals surface area contributed by atoms with E-state index < -0.39 is 0 Å². The van der Waals surface area contributed by atoms with Crippen LogP contribution in [-0.2, 0) is 4.79 Å². The number of nitrogens with one attached hydrogen (secondary N) is 3. The zero-order valence-corrected chi connectivity index (χ0v) is 14.7. The molecule has 0 unspecified atom stereocenters. The molecular weight excluding hydrogens is 316 g/mol. The van der Waals surface area contributed by atoms with E-state index in [1.165, 1.54) is 0 Å². The summed E-state index contributed by atoms with van der Waals surface area (Å²) < 4.78 is 0. The Hall–Kier alpha value is -2.89. The molecule has 0 aliphatic carbocycles. The fraction of sp³-hybridized carbons (Fsp3) is 0.316. The maximum Gasteiger partial charge on any atom is 0.315 e.